The van der Waals surface area contributed by atoms with Crippen LogP contribution in [0.15, 0.2) is 12.1 Å². The van der Waals surface area contributed by atoms with Gasteiger partial charge in [-0.25, -0.2) is 4.98 Å². The number of nitrogen functional groups attached to an aromatic ring is 1. The van der Waals surface area contributed by atoms with Gasteiger partial charge in [0.25, 0.3) is 0 Å². The topological polar surface area (TPSA) is 103 Å². The Hall–Kier alpha value is -1.89. The van der Waals surface area contributed by atoms with Crippen molar-refractivity contribution in [3.8, 4) is 0 Å². The maximum atomic E-state index is 10.6. The molecular formula is C11H16N4O3. The average Bonchev–Trinajstić information content (AvgIpc) is 2.27. The molecule has 0 spiro atoms. The van der Waals surface area contributed by atoms with Gasteiger partial charge in [0.2, 0.25) is 5.82 Å². The number of hydrogen-bond donors (Lipinski definition) is 2. The van der Waals surface area contributed by atoms with Crippen molar-refractivity contribution in [1.29, 1.82) is 0 Å². The van der Waals surface area contributed by atoms with Crippen LogP contribution in [-0.4, -0.2) is 29.2 Å². The van der Waals surface area contributed by atoms with Crippen LogP contribution in [0.5, 0.6) is 0 Å². The van der Waals surface area contributed by atoms with Crippen molar-refractivity contribution in [2.24, 2.45) is 0 Å². The summed E-state index contributed by atoms with van der Waals surface area (Å²) < 4.78 is 5.46. The average molecular weight is 252 g/mol. The Morgan fingerprint density at radius 1 is 1.61 bits per heavy atom. The van der Waals surface area contributed by atoms with Gasteiger partial charge in [-0.1, -0.05) is 0 Å². The number of anilines is 2. The number of ether oxygens (including phenoxy) is 1. The molecule has 0 aromatic carbocycles. The number of nitro groups is 1. The lowest BCUT2D eigenvalue weighted by Gasteiger charge is -2.40. The van der Waals surface area contributed by atoms with Gasteiger partial charge in [-0.2, -0.15) is 0 Å². The van der Waals surface area contributed by atoms with Crippen LogP contribution in [-0.2, 0) is 4.74 Å². The van der Waals surface area contributed by atoms with Crippen molar-refractivity contribution in [3.05, 3.63) is 22.2 Å². The third-order valence-corrected chi connectivity index (χ3v) is 3.39. The fourth-order valence-corrected chi connectivity index (χ4v) is 2.00. The first-order chi connectivity index (χ1) is 8.56. The van der Waals surface area contributed by atoms with E-state index in [4.69, 9.17) is 10.5 Å². The number of rotatable bonds is 5. The highest BCUT2D eigenvalue weighted by Crippen LogP contribution is 2.35. The second kappa shape index (κ2) is 4.77. The summed E-state index contributed by atoms with van der Waals surface area (Å²) in [5.74, 6) is 0.450. The Morgan fingerprint density at radius 3 is 2.78 bits per heavy atom. The van der Waals surface area contributed by atoms with Crippen LogP contribution >= 0.6 is 0 Å². The van der Waals surface area contributed by atoms with Crippen LogP contribution in [0.4, 0.5) is 17.3 Å². The fourth-order valence-electron chi connectivity index (χ4n) is 2.00. The third-order valence-electron chi connectivity index (χ3n) is 3.39. The van der Waals surface area contributed by atoms with Gasteiger partial charge in [-0.15, -0.1) is 0 Å². The van der Waals surface area contributed by atoms with Crippen molar-refractivity contribution in [3.63, 3.8) is 0 Å². The van der Waals surface area contributed by atoms with Crippen LogP contribution in [0.3, 0.4) is 0 Å². The van der Waals surface area contributed by atoms with Crippen molar-refractivity contribution < 1.29 is 9.66 Å². The summed E-state index contributed by atoms with van der Waals surface area (Å²) in [4.78, 5) is 14.0. The highest BCUT2D eigenvalue weighted by atomic mass is 16.6. The van der Waals surface area contributed by atoms with E-state index in [2.05, 4.69) is 10.3 Å². The second-order valence-electron chi connectivity index (χ2n) is 4.45. The lowest BCUT2D eigenvalue weighted by Crippen LogP contribution is -2.45. The standard InChI is InChI=1S/C11H16N4O3/c1-18-11(5-2-6-11)7-13-9-4-3-8(15(16)17)10(12)14-9/h3-4H,2,5-7H2,1H3,(H3,12,13,14). The quantitative estimate of drug-likeness (QED) is 0.608. The fraction of sp³-hybridized carbons (Fsp3) is 0.545. The summed E-state index contributed by atoms with van der Waals surface area (Å²) in [6.45, 7) is 0.633. The van der Waals surface area contributed by atoms with E-state index in [1.165, 1.54) is 6.07 Å². The Morgan fingerprint density at radius 2 is 2.33 bits per heavy atom. The third kappa shape index (κ3) is 2.35. The van der Waals surface area contributed by atoms with Crippen LogP contribution in [0.1, 0.15) is 19.3 Å². The first kappa shape index (κ1) is 12.6. The SMILES string of the molecule is COC1(CNc2ccc([N+](=O)[O-])c(N)n2)CCC1. The molecule has 0 aliphatic heterocycles. The van der Waals surface area contributed by atoms with E-state index >= 15 is 0 Å². The van der Waals surface area contributed by atoms with Gasteiger partial charge in [0.15, 0.2) is 0 Å². The van der Waals surface area contributed by atoms with Crippen LogP contribution < -0.4 is 11.1 Å². The van der Waals surface area contributed by atoms with Crippen molar-refractivity contribution in [1.82, 2.24) is 4.98 Å². The number of methoxy groups -OCH3 is 1. The van der Waals surface area contributed by atoms with E-state index < -0.39 is 4.92 Å². The lowest BCUT2D eigenvalue weighted by molar-refractivity contribution is -0.384. The van der Waals surface area contributed by atoms with Gasteiger partial charge >= 0.3 is 5.69 Å². The Labute approximate surface area is 104 Å². The first-order valence-corrected chi connectivity index (χ1v) is 5.76. The molecule has 1 aromatic heterocycles. The summed E-state index contributed by atoms with van der Waals surface area (Å²) in [5.41, 5.74) is 5.21. The zero-order valence-corrected chi connectivity index (χ0v) is 10.2. The van der Waals surface area contributed by atoms with Crippen LogP contribution in [0.2, 0.25) is 0 Å². The largest absolute Gasteiger partial charge is 0.378 e. The minimum absolute atomic E-state index is 0.0786. The van der Waals surface area contributed by atoms with E-state index in [9.17, 15) is 10.1 Å². The van der Waals surface area contributed by atoms with E-state index in [1.807, 2.05) is 0 Å². The van der Waals surface area contributed by atoms with Crippen LogP contribution in [0.25, 0.3) is 0 Å². The molecule has 0 atom stereocenters. The molecule has 0 radical (unpaired) electrons. The Kier molecular flexibility index (Phi) is 3.33. The van der Waals surface area contributed by atoms with Gasteiger partial charge in [0.05, 0.1) is 10.5 Å². The first-order valence-electron chi connectivity index (χ1n) is 5.76. The molecule has 0 amide bonds. The van der Waals surface area contributed by atoms with E-state index in [0.29, 0.717) is 12.4 Å². The smallest absolute Gasteiger partial charge is 0.311 e. The molecule has 98 valence electrons. The zero-order chi connectivity index (χ0) is 13.2. The van der Waals surface area contributed by atoms with Crippen molar-refractivity contribution >= 4 is 17.3 Å². The zero-order valence-electron chi connectivity index (χ0n) is 10.2. The Balaban J connectivity index is 2.02. The minimum Gasteiger partial charge on any atom is -0.378 e. The Bertz CT molecular complexity index is 454. The summed E-state index contributed by atoms with van der Waals surface area (Å²) in [7, 11) is 1.69. The van der Waals surface area contributed by atoms with Gasteiger partial charge in [0.1, 0.15) is 5.82 Å². The maximum absolute atomic E-state index is 10.6. The summed E-state index contributed by atoms with van der Waals surface area (Å²) >= 11 is 0. The highest BCUT2D eigenvalue weighted by Gasteiger charge is 2.36. The van der Waals surface area contributed by atoms with Gasteiger partial charge < -0.3 is 15.8 Å². The van der Waals surface area contributed by atoms with Gasteiger partial charge in [-0.3, -0.25) is 10.1 Å². The molecule has 18 heavy (non-hydrogen) atoms. The monoisotopic (exact) mass is 252 g/mol. The molecular weight excluding hydrogens is 236 g/mol. The highest BCUT2D eigenvalue weighted by molar-refractivity contribution is 5.57. The second-order valence-corrected chi connectivity index (χ2v) is 4.45. The molecule has 7 heteroatoms. The molecule has 1 heterocycles. The molecule has 0 saturated heterocycles. The summed E-state index contributed by atoms with van der Waals surface area (Å²) in [6, 6.07) is 2.90. The van der Waals surface area contributed by atoms with Crippen LogP contribution in [0, 0.1) is 10.1 Å². The number of hydrogen-bond acceptors (Lipinski definition) is 6. The predicted molar refractivity (Wildman–Crippen MR) is 67.4 cm³/mol. The van der Waals surface area contributed by atoms with E-state index in [0.717, 1.165) is 19.3 Å². The number of pyridine rings is 1. The molecule has 2 rings (SSSR count). The van der Waals surface area contributed by atoms with Crippen molar-refractivity contribution in [2.75, 3.05) is 24.7 Å². The molecule has 1 aromatic rings. The summed E-state index contributed by atoms with van der Waals surface area (Å²) in [5, 5.41) is 13.7. The van der Waals surface area contributed by atoms with E-state index in [1.54, 1.807) is 13.2 Å². The number of nitrogens with zero attached hydrogens (tertiary/aromatic N) is 2. The summed E-state index contributed by atoms with van der Waals surface area (Å²) in [6.07, 6.45) is 3.18. The van der Waals surface area contributed by atoms with Crippen molar-refractivity contribution in [2.45, 2.75) is 24.9 Å². The molecule has 0 unspecified atom stereocenters. The van der Waals surface area contributed by atoms with E-state index in [-0.39, 0.29) is 17.1 Å². The molecule has 1 fully saturated rings. The molecule has 1 aliphatic rings. The molecule has 3 N–H and O–H groups in total. The lowest BCUT2D eigenvalue weighted by atomic mass is 9.80. The maximum Gasteiger partial charge on any atom is 0.311 e. The molecule has 7 nitrogen and oxygen atoms in total. The normalized spacial score (nSPS) is 16.9. The number of nitrogens with two attached hydrogens (primary N) is 1. The predicted octanol–water partition coefficient (Wildman–Crippen LogP) is 1.55. The van der Waals surface area contributed by atoms with Gasteiger partial charge in [0, 0.05) is 19.7 Å². The molecule has 0 bridgehead atoms. The molecule has 1 aliphatic carbocycles. The number of nitrogens with one attached hydrogen (secondary N) is 1. The van der Waals surface area contributed by atoms with Gasteiger partial charge in [-0.05, 0) is 25.3 Å². The molecule has 1 saturated carbocycles. The number of aromatic nitrogens is 1. The minimum atomic E-state index is -0.547.